The lowest BCUT2D eigenvalue weighted by Crippen LogP contribution is -2.22. The second-order valence-electron chi connectivity index (χ2n) is 5.45. The zero-order valence-corrected chi connectivity index (χ0v) is 14.8. The number of unbranched alkanes of at least 4 members (excludes halogenated alkanes) is 3. The number of nitrogens with one attached hydrogen (secondary N) is 1. The molecular formula is C17H22N4O2S. The summed E-state index contributed by atoms with van der Waals surface area (Å²) in [6.07, 6.45) is 6.31. The number of aromatic amines is 1. The van der Waals surface area contributed by atoms with Gasteiger partial charge < -0.3 is 4.74 Å². The maximum Gasteiger partial charge on any atom is 0.296 e. The molecule has 1 N–H and O–H groups in total. The highest BCUT2D eigenvalue weighted by Crippen LogP contribution is 2.12. The summed E-state index contributed by atoms with van der Waals surface area (Å²) < 4.78 is 6.98. The smallest absolute Gasteiger partial charge is 0.296 e. The second-order valence-corrected chi connectivity index (χ2v) is 5.84. The predicted octanol–water partition coefficient (Wildman–Crippen LogP) is 3.45. The van der Waals surface area contributed by atoms with Crippen molar-refractivity contribution in [2.75, 3.05) is 6.61 Å². The normalized spacial score (nSPS) is 11.1. The Hall–Kier alpha value is -2.28. The van der Waals surface area contributed by atoms with Gasteiger partial charge in [0, 0.05) is 0 Å². The standard InChI is InChI=1S/C17H22N4O2S/c1-3-4-5-6-11-23-15-9-7-14(8-10-15)12-18-21-16(22)13(2)19-20-17(21)24/h7-10,12H,3-6,11H2,1-2H3,(H,20,24)/b18-12-. The van der Waals surface area contributed by atoms with Crippen molar-refractivity contribution in [3.05, 3.63) is 50.6 Å². The van der Waals surface area contributed by atoms with Gasteiger partial charge in [0.1, 0.15) is 11.4 Å². The number of aryl methyl sites for hydroxylation is 1. The van der Waals surface area contributed by atoms with E-state index in [0.29, 0.717) is 5.69 Å². The van der Waals surface area contributed by atoms with Crippen molar-refractivity contribution in [1.82, 2.24) is 14.9 Å². The number of hydrogen-bond acceptors (Lipinski definition) is 5. The summed E-state index contributed by atoms with van der Waals surface area (Å²) in [6.45, 7) is 4.52. The molecule has 1 aromatic carbocycles. The van der Waals surface area contributed by atoms with Crippen LogP contribution in [0.5, 0.6) is 5.75 Å². The van der Waals surface area contributed by atoms with Gasteiger partial charge in [0.25, 0.3) is 5.56 Å². The first-order chi connectivity index (χ1) is 11.6. The molecule has 1 heterocycles. The van der Waals surface area contributed by atoms with Crippen LogP contribution in [0, 0.1) is 11.7 Å². The Balaban J connectivity index is 1.98. The number of aromatic nitrogens is 3. The molecule has 0 atom stereocenters. The first-order valence-electron chi connectivity index (χ1n) is 8.07. The SMILES string of the molecule is CCCCCCOc1ccc(/C=N\n2c(=S)[nH]nc(C)c2=O)cc1. The van der Waals surface area contributed by atoms with Crippen molar-refractivity contribution in [3.63, 3.8) is 0 Å². The van der Waals surface area contributed by atoms with E-state index in [1.165, 1.54) is 19.3 Å². The minimum absolute atomic E-state index is 0.161. The number of nitrogens with zero attached hydrogens (tertiary/aromatic N) is 3. The number of rotatable bonds is 8. The van der Waals surface area contributed by atoms with Gasteiger partial charge in [-0.25, -0.2) is 0 Å². The van der Waals surface area contributed by atoms with Crippen molar-refractivity contribution in [2.45, 2.75) is 39.5 Å². The molecule has 6 nitrogen and oxygen atoms in total. The van der Waals surface area contributed by atoms with Gasteiger partial charge in [0.15, 0.2) is 0 Å². The van der Waals surface area contributed by atoms with E-state index < -0.39 is 0 Å². The van der Waals surface area contributed by atoms with Gasteiger partial charge in [-0.05, 0) is 55.4 Å². The topological polar surface area (TPSA) is 72.3 Å². The fourth-order valence-corrected chi connectivity index (χ4v) is 2.25. The molecule has 0 unspecified atom stereocenters. The minimum atomic E-state index is -0.331. The van der Waals surface area contributed by atoms with Gasteiger partial charge in [-0.2, -0.15) is 14.9 Å². The second kappa shape index (κ2) is 9.12. The molecule has 0 saturated heterocycles. The van der Waals surface area contributed by atoms with Gasteiger partial charge in [-0.15, -0.1) is 0 Å². The van der Waals surface area contributed by atoms with Gasteiger partial charge in [0.05, 0.1) is 12.8 Å². The van der Waals surface area contributed by atoms with Crippen LogP contribution in [-0.4, -0.2) is 27.7 Å². The minimum Gasteiger partial charge on any atom is -0.494 e. The van der Waals surface area contributed by atoms with E-state index in [0.717, 1.165) is 29.0 Å². The largest absolute Gasteiger partial charge is 0.494 e. The summed E-state index contributed by atoms with van der Waals surface area (Å²) in [5.41, 5.74) is 0.832. The van der Waals surface area contributed by atoms with E-state index in [-0.39, 0.29) is 10.3 Å². The highest BCUT2D eigenvalue weighted by molar-refractivity contribution is 7.71. The molecule has 0 saturated carbocycles. The fraction of sp³-hybridized carbons (Fsp3) is 0.412. The third-order valence-electron chi connectivity index (χ3n) is 3.48. The van der Waals surface area contributed by atoms with Crippen LogP contribution < -0.4 is 10.3 Å². The number of ether oxygens (including phenoxy) is 1. The predicted molar refractivity (Wildman–Crippen MR) is 97.5 cm³/mol. The Morgan fingerprint density at radius 3 is 2.75 bits per heavy atom. The van der Waals surface area contributed by atoms with Crippen LogP contribution in [0.3, 0.4) is 0 Å². The summed E-state index contributed by atoms with van der Waals surface area (Å²) in [7, 11) is 0. The quantitative estimate of drug-likeness (QED) is 0.451. The Bertz CT molecular complexity index is 793. The maximum absolute atomic E-state index is 11.9. The van der Waals surface area contributed by atoms with E-state index in [1.54, 1.807) is 13.1 Å². The molecule has 0 radical (unpaired) electrons. The molecule has 2 rings (SSSR count). The van der Waals surface area contributed by atoms with E-state index in [2.05, 4.69) is 22.2 Å². The molecule has 2 aromatic rings. The first-order valence-corrected chi connectivity index (χ1v) is 8.48. The monoisotopic (exact) mass is 346 g/mol. The van der Waals surface area contributed by atoms with Crippen LogP contribution in [0.25, 0.3) is 0 Å². The highest BCUT2D eigenvalue weighted by Gasteiger charge is 2.01. The van der Waals surface area contributed by atoms with Crippen LogP contribution >= 0.6 is 12.2 Å². The summed E-state index contributed by atoms with van der Waals surface area (Å²) in [6, 6.07) is 7.55. The number of hydrogen-bond donors (Lipinski definition) is 1. The van der Waals surface area contributed by atoms with Crippen LogP contribution in [0.4, 0.5) is 0 Å². The zero-order chi connectivity index (χ0) is 17.4. The molecule has 128 valence electrons. The summed E-state index contributed by atoms with van der Waals surface area (Å²) in [5, 5.41) is 10.5. The summed E-state index contributed by atoms with van der Waals surface area (Å²) in [4.78, 5) is 11.9. The van der Waals surface area contributed by atoms with Crippen LogP contribution in [0.15, 0.2) is 34.2 Å². The van der Waals surface area contributed by atoms with E-state index in [9.17, 15) is 4.79 Å². The Labute approximate surface area is 146 Å². The molecule has 0 fully saturated rings. The van der Waals surface area contributed by atoms with E-state index in [4.69, 9.17) is 17.0 Å². The van der Waals surface area contributed by atoms with Gasteiger partial charge in [0.2, 0.25) is 4.77 Å². The molecule has 0 aliphatic rings. The third-order valence-corrected chi connectivity index (χ3v) is 3.75. The zero-order valence-electron chi connectivity index (χ0n) is 14.0. The lowest BCUT2D eigenvalue weighted by molar-refractivity contribution is 0.305. The first kappa shape index (κ1) is 18.1. The Kier molecular flexibility index (Phi) is 6.87. The average Bonchev–Trinajstić information content (AvgIpc) is 2.59. The van der Waals surface area contributed by atoms with Crippen molar-refractivity contribution in [3.8, 4) is 5.75 Å². The van der Waals surface area contributed by atoms with Crippen LogP contribution in [0.2, 0.25) is 0 Å². The summed E-state index contributed by atoms with van der Waals surface area (Å²) in [5.74, 6) is 0.831. The van der Waals surface area contributed by atoms with E-state index >= 15 is 0 Å². The van der Waals surface area contributed by atoms with Crippen molar-refractivity contribution >= 4 is 18.4 Å². The third kappa shape index (κ3) is 5.13. The van der Waals surface area contributed by atoms with Crippen molar-refractivity contribution in [1.29, 1.82) is 0 Å². The maximum atomic E-state index is 11.9. The van der Waals surface area contributed by atoms with Gasteiger partial charge in [-0.3, -0.25) is 9.89 Å². The van der Waals surface area contributed by atoms with Crippen molar-refractivity contribution in [2.24, 2.45) is 5.10 Å². The van der Waals surface area contributed by atoms with E-state index in [1.807, 2.05) is 24.3 Å². The molecule has 0 spiro atoms. The van der Waals surface area contributed by atoms with Gasteiger partial charge in [-0.1, -0.05) is 26.2 Å². The molecule has 7 heteroatoms. The number of benzene rings is 1. The average molecular weight is 346 g/mol. The van der Waals surface area contributed by atoms with Crippen molar-refractivity contribution < 1.29 is 4.74 Å². The molecule has 0 aliphatic carbocycles. The molecule has 0 bridgehead atoms. The lowest BCUT2D eigenvalue weighted by atomic mass is 10.2. The summed E-state index contributed by atoms with van der Waals surface area (Å²) >= 11 is 5.02. The molecule has 0 aliphatic heterocycles. The molecular weight excluding hydrogens is 324 g/mol. The Morgan fingerprint density at radius 1 is 1.29 bits per heavy atom. The highest BCUT2D eigenvalue weighted by atomic mass is 32.1. The van der Waals surface area contributed by atoms with Crippen LogP contribution in [-0.2, 0) is 0 Å². The molecule has 24 heavy (non-hydrogen) atoms. The fourth-order valence-electron chi connectivity index (χ4n) is 2.07. The number of H-pyrrole nitrogens is 1. The lowest BCUT2D eigenvalue weighted by Gasteiger charge is -2.06. The molecule has 1 aromatic heterocycles. The Morgan fingerprint density at radius 2 is 2.04 bits per heavy atom. The van der Waals surface area contributed by atoms with Crippen LogP contribution in [0.1, 0.15) is 43.9 Å². The molecule has 0 amide bonds. The van der Waals surface area contributed by atoms with Gasteiger partial charge >= 0.3 is 0 Å².